The minimum Gasteiger partial charge on any atom is -0.335 e. The Morgan fingerprint density at radius 1 is 1.04 bits per heavy atom. The van der Waals surface area contributed by atoms with E-state index in [9.17, 15) is 18.0 Å². The van der Waals surface area contributed by atoms with Crippen molar-refractivity contribution in [1.29, 1.82) is 0 Å². The van der Waals surface area contributed by atoms with Crippen LogP contribution in [0.25, 0.3) is 0 Å². The lowest BCUT2D eigenvalue weighted by atomic mass is 10.1. The van der Waals surface area contributed by atoms with E-state index in [-0.39, 0.29) is 27.3 Å². The highest BCUT2D eigenvalue weighted by Gasteiger charge is 2.28. The first-order valence-corrected chi connectivity index (χ1v) is 11.3. The summed E-state index contributed by atoms with van der Waals surface area (Å²) in [4.78, 5) is 29.3. The van der Waals surface area contributed by atoms with Gasteiger partial charge in [-0.3, -0.25) is 9.59 Å². The fraction of sp³-hybridized carbons (Fsp3) is 0.333. The van der Waals surface area contributed by atoms with Crippen molar-refractivity contribution in [2.24, 2.45) is 0 Å². The molecular weight excluding hydrogens is 422 g/mol. The fourth-order valence-corrected chi connectivity index (χ4v) is 4.70. The lowest BCUT2D eigenvalue weighted by molar-refractivity contribution is 0.0538. The molecular formula is C18H20ClN3O4S2. The Balaban J connectivity index is 1.74. The van der Waals surface area contributed by atoms with Gasteiger partial charge in [-0.1, -0.05) is 17.7 Å². The Labute approximate surface area is 173 Å². The summed E-state index contributed by atoms with van der Waals surface area (Å²) in [6.07, 6.45) is 0. The second kappa shape index (κ2) is 8.20. The van der Waals surface area contributed by atoms with E-state index in [0.29, 0.717) is 31.1 Å². The third kappa shape index (κ3) is 4.07. The number of hydrogen-bond acceptors (Lipinski definition) is 5. The number of hydrogen-bond donors (Lipinski definition) is 0. The summed E-state index contributed by atoms with van der Waals surface area (Å²) in [7, 11) is -0.822. The summed E-state index contributed by atoms with van der Waals surface area (Å²) in [6.45, 7) is 1.54. The van der Waals surface area contributed by atoms with Crippen LogP contribution in [-0.4, -0.2) is 74.6 Å². The van der Waals surface area contributed by atoms with Gasteiger partial charge in [0.05, 0.1) is 20.4 Å². The maximum absolute atomic E-state index is 12.9. The van der Waals surface area contributed by atoms with Crippen molar-refractivity contribution in [1.82, 2.24) is 14.1 Å². The van der Waals surface area contributed by atoms with E-state index in [1.807, 2.05) is 11.4 Å². The molecule has 0 N–H and O–H groups in total. The highest BCUT2D eigenvalue weighted by atomic mass is 35.5. The molecule has 0 radical (unpaired) electrons. The van der Waals surface area contributed by atoms with Crippen molar-refractivity contribution in [2.75, 3.05) is 40.3 Å². The second-order valence-electron chi connectivity index (χ2n) is 6.49. The SMILES string of the molecule is CN(C)S(=O)(=O)c1ccc(Cl)c(C(=O)N2CCN(C(=O)c3cccs3)CC2)c1. The quantitative estimate of drug-likeness (QED) is 0.729. The van der Waals surface area contributed by atoms with E-state index in [2.05, 4.69) is 0 Å². The third-order valence-corrected chi connectivity index (χ3v) is 7.53. The number of benzene rings is 1. The van der Waals surface area contributed by atoms with Crippen LogP contribution in [0.2, 0.25) is 5.02 Å². The van der Waals surface area contributed by atoms with Gasteiger partial charge in [0.1, 0.15) is 0 Å². The van der Waals surface area contributed by atoms with Gasteiger partial charge in [0.2, 0.25) is 10.0 Å². The van der Waals surface area contributed by atoms with Gasteiger partial charge < -0.3 is 9.80 Å². The zero-order chi connectivity index (χ0) is 20.5. The van der Waals surface area contributed by atoms with Crippen molar-refractivity contribution in [3.05, 3.63) is 51.2 Å². The smallest absolute Gasteiger partial charge is 0.264 e. The summed E-state index contributed by atoms with van der Waals surface area (Å²) in [5.41, 5.74) is 0.141. The summed E-state index contributed by atoms with van der Waals surface area (Å²) >= 11 is 7.55. The Kier molecular flexibility index (Phi) is 6.09. The van der Waals surface area contributed by atoms with Crippen molar-refractivity contribution in [3.8, 4) is 0 Å². The standard InChI is InChI=1S/C18H20ClN3O4S2/c1-20(2)28(25,26)13-5-6-15(19)14(12-13)17(23)21-7-9-22(10-8-21)18(24)16-4-3-11-27-16/h3-6,11-12H,7-10H2,1-2H3. The normalized spacial score (nSPS) is 15.1. The monoisotopic (exact) mass is 441 g/mol. The lowest BCUT2D eigenvalue weighted by Crippen LogP contribution is -2.50. The number of carbonyl (C=O) groups excluding carboxylic acids is 2. The van der Waals surface area contributed by atoms with Crippen molar-refractivity contribution in [3.63, 3.8) is 0 Å². The molecule has 0 unspecified atom stereocenters. The van der Waals surface area contributed by atoms with Gasteiger partial charge in [0.15, 0.2) is 0 Å². The van der Waals surface area contributed by atoms with Crippen LogP contribution in [0.1, 0.15) is 20.0 Å². The number of rotatable bonds is 4. The van der Waals surface area contributed by atoms with Crippen LogP contribution < -0.4 is 0 Å². The number of thiophene rings is 1. The molecule has 7 nitrogen and oxygen atoms in total. The predicted molar refractivity (Wildman–Crippen MR) is 108 cm³/mol. The van der Waals surface area contributed by atoms with Crippen molar-refractivity contribution in [2.45, 2.75) is 4.90 Å². The molecule has 28 heavy (non-hydrogen) atoms. The van der Waals surface area contributed by atoms with E-state index in [1.165, 1.54) is 43.6 Å². The van der Waals surface area contributed by atoms with Gasteiger partial charge in [-0.2, -0.15) is 0 Å². The molecule has 1 aliphatic heterocycles. The molecule has 1 aliphatic rings. The molecule has 1 fully saturated rings. The summed E-state index contributed by atoms with van der Waals surface area (Å²) in [5, 5.41) is 2.05. The molecule has 2 amide bonds. The van der Waals surface area contributed by atoms with Crippen LogP contribution in [0.15, 0.2) is 40.6 Å². The van der Waals surface area contributed by atoms with Crippen LogP contribution in [-0.2, 0) is 10.0 Å². The first kappa shape index (κ1) is 20.8. The molecule has 0 saturated carbocycles. The Hall–Kier alpha value is -1.94. The van der Waals surface area contributed by atoms with E-state index in [4.69, 9.17) is 11.6 Å². The highest BCUT2D eigenvalue weighted by molar-refractivity contribution is 7.89. The lowest BCUT2D eigenvalue weighted by Gasteiger charge is -2.34. The Morgan fingerprint density at radius 3 is 2.18 bits per heavy atom. The van der Waals surface area contributed by atoms with Crippen LogP contribution in [0.3, 0.4) is 0 Å². The molecule has 0 atom stereocenters. The van der Waals surface area contributed by atoms with Crippen LogP contribution in [0.4, 0.5) is 0 Å². The highest BCUT2D eigenvalue weighted by Crippen LogP contribution is 2.24. The molecule has 1 aromatic carbocycles. The first-order chi connectivity index (χ1) is 13.2. The molecule has 0 aliphatic carbocycles. The molecule has 0 spiro atoms. The number of halogens is 1. The summed E-state index contributed by atoms with van der Waals surface area (Å²) in [5.74, 6) is -0.386. The number of nitrogens with zero attached hydrogens (tertiary/aromatic N) is 3. The third-order valence-electron chi connectivity index (χ3n) is 4.53. The molecule has 2 heterocycles. The van der Waals surface area contributed by atoms with Gasteiger partial charge in [-0.05, 0) is 29.6 Å². The van der Waals surface area contributed by atoms with Crippen LogP contribution >= 0.6 is 22.9 Å². The summed E-state index contributed by atoms with van der Waals surface area (Å²) in [6, 6.07) is 7.71. The molecule has 1 aromatic heterocycles. The van der Waals surface area contributed by atoms with E-state index >= 15 is 0 Å². The summed E-state index contributed by atoms with van der Waals surface area (Å²) < 4.78 is 25.8. The first-order valence-electron chi connectivity index (χ1n) is 8.56. The van der Waals surface area contributed by atoms with Gasteiger partial charge in [-0.25, -0.2) is 12.7 Å². The maximum atomic E-state index is 12.9. The van der Waals surface area contributed by atoms with Gasteiger partial charge in [-0.15, -0.1) is 11.3 Å². The van der Waals surface area contributed by atoms with Gasteiger partial charge in [0.25, 0.3) is 11.8 Å². The Bertz CT molecular complexity index is 982. The predicted octanol–water partition coefficient (Wildman–Crippen LogP) is 2.25. The molecule has 3 rings (SSSR count). The van der Waals surface area contributed by atoms with Gasteiger partial charge in [0, 0.05) is 40.3 Å². The number of amides is 2. The molecule has 1 saturated heterocycles. The average molecular weight is 442 g/mol. The van der Waals surface area contributed by atoms with Crippen LogP contribution in [0.5, 0.6) is 0 Å². The minimum absolute atomic E-state index is 0.0109. The zero-order valence-electron chi connectivity index (χ0n) is 15.5. The van der Waals surface area contributed by atoms with Gasteiger partial charge >= 0.3 is 0 Å². The van der Waals surface area contributed by atoms with Crippen molar-refractivity contribution >= 4 is 44.8 Å². The largest absolute Gasteiger partial charge is 0.335 e. The van der Waals surface area contributed by atoms with Crippen LogP contribution in [0, 0.1) is 0 Å². The molecule has 0 bridgehead atoms. The maximum Gasteiger partial charge on any atom is 0.264 e. The van der Waals surface area contributed by atoms with E-state index in [0.717, 1.165) is 4.31 Å². The second-order valence-corrected chi connectivity index (χ2v) is 10.00. The molecule has 2 aromatic rings. The average Bonchev–Trinajstić information content (AvgIpc) is 3.22. The molecule has 150 valence electrons. The molecule has 10 heteroatoms. The topological polar surface area (TPSA) is 78.0 Å². The number of sulfonamides is 1. The fourth-order valence-electron chi connectivity index (χ4n) is 2.88. The number of carbonyl (C=O) groups is 2. The minimum atomic E-state index is -3.67. The van der Waals surface area contributed by atoms with E-state index < -0.39 is 10.0 Å². The Morgan fingerprint density at radius 2 is 1.64 bits per heavy atom. The zero-order valence-corrected chi connectivity index (χ0v) is 17.9. The van der Waals surface area contributed by atoms with Crippen molar-refractivity contribution < 1.29 is 18.0 Å². The number of piperazine rings is 1. The van der Waals surface area contributed by atoms with E-state index in [1.54, 1.807) is 15.9 Å².